The van der Waals surface area contributed by atoms with Crippen LogP contribution in [0.5, 0.6) is 0 Å². The largest absolute Gasteiger partial charge is 0.356 e. The lowest BCUT2D eigenvalue weighted by Gasteiger charge is -2.26. The van der Waals surface area contributed by atoms with Gasteiger partial charge >= 0.3 is 0 Å². The molecular formula is C14H21N5OS. The highest BCUT2D eigenvalue weighted by Crippen LogP contribution is 2.33. The molecule has 21 heavy (non-hydrogen) atoms. The molecule has 2 heterocycles. The van der Waals surface area contributed by atoms with E-state index in [0.29, 0.717) is 18.9 Å². The Balaban J connectivity index is 2.33. The van der Waals surface area contributed by atoms with Gasteiger partial charge in [0.05, 0.1) is 5.39 Å². The Morgan fingerprint density at radius 3 is 2.76 bits per heavy atom. The van der Waals surface area contributed by atoms with Gasteiger partial charge in [-0.15, -0.1) is 11.3 Å². The van der Waals surface area contributed by atoms with Crippen molar-refractivity contribution in [3.05, 3.63) is 16.8 Å². The second-order valence-electron chi connectivity index (χ2n) is 5.48. The molecular weight excluding hydrogens is 286 g/mol. The van der Waals surface area contributed by atoms with Crippen molar-refractivity contribution in [3.8, 4) is 0 Å². The molecule has 0 fully saturated rings. The van der Waals surface area contributed by atoms with Crippen molar-refractivity contribution in [2.45, 2.75) is 33.2 Å². The topological polar surface area (TPSA) is 92.9 Å². The Morgan fingerprint density at radius 1 is 1.38 bits per heavy atom. The highest BCUT2D eigenvalue weighted by molar-refractivity contribution is 7.18. The van der Waals surface area contributed by atoms with Gasteiger partial charge in [0.15, 0.2) is 0 Å². The first kappa shape index (κ1) is 15.7. The zero-order valence-corrected chi connectivity index (χ0v) is 13.6. The van der Waals surface area contributed by atoms with E-state index in [9.17, 15) is 4.79 Å². The normalized spacial score (nSPS) is 11.7. The molecule has 0 atom stereocenters. The van der Waals surface area contributed by atoms with Crippen molar-refractivity contribution in [3.63, 3.8) is 0 Å². The third-order valence-corrected chi connectivity index (χ3v) is 4.51. The van der Waals surface area contributed by atoms with Crippen LogP contribution in [0.4, 0.5) is 5.82 Å². The van der Waals surface area contributed by atoms with Gasteiger partial charge in [-0.1, -0.05) is 0 Å². The van der Waals surface area contributed by atoms with E-state index in [1.54, 1.807) is 11.3 Å². The summed E-state index contributed by atoms with van der Waals surface area (Å²) in [6.45, 7) is 8.62. The minimum absolute atomic E-state index is 0.107. The predicted molar refractivity (Wildman–Crippen MR) is 86.7 cm³/mol. The molecule has 114 valence electrons. The van der Waals surface area contributed by atoms with Gasteiger partial charge in [0, 0.05) is 18.0 Å². The van der Waals surface area contributed by atoms with Crippen LogP contribution in [0, 0.1) is 13.8 Å². The molecule has 0 aromatic carbocycles. The second-order valence-corrected chi connectivity index (χ2v) is 6.68. The lowest BCUT2D eigenvalue weighted by atomic mass is 10.0. The van der Waals surface area contributed by atoms with Crippen molar-refractivity contribution in [2.24, 2.45) is 5.73 Å². The van der Waals surface area contributed by atoms with Crippen LogP contribution in [0.3, 0.4) is 0 Å². The molecule has 2 aromatic heterocycles. The summed E-state index contributed by atoms with van der Waals surface area (Å²) in [7, 11) is 0. The number of carbonyl (C=O) groups is 1. The molecule has 2 aromatic rings. The van der Waals surface area contributed by atoms with Gasteiger partial charge in [0.2, 0.25) is 5.91 Å². The van der Waals surface area contributed by atoms with Crippen LogP contribution in [0.2, 0.25) is 0 Å². The Bertz CT molecular complexity index is 665. The molecule has 0 unspecified atom stereocenters. The number of nitrogens with zero attached hydrogens (tertiary/aromatic N) is 2. The fourth-order valence-electron chi connectivity index (χ4n) is 2.04. The van der Waals surface area contributed by atoms with Gasteiger partial charge in [-0.3, -0.25) is 4.79 Å². The molecule has 4 N–H and O–H groups in total. The van der Waals surface area contributed by atoms with Crippen LogP contribution in [0.25, 0.3) is 10.2 Å². The van der Waals surface area contributed by atoms with E-state index < -0.39 is 5.54 Å². The van der Waals surface area contributed by atoms with E-state index in [0.717, 1.165) is 15.8 Å². The van der Waals surface area contributed by atoms with Crippen LogP contribution in [0.1, 0.15) is 24.3 Å². The summed E-state index contributed by atoms with van der Waals surface area (Å²) >= 11 is 1.63. The second kappa shape index (κ2) is 5.95. The fourth-order valence-corrected chi connectivity index (χ4v) is 3.03. The maximum Gasteiger partial charge on any atom is 0.245 e. The number of anilines is 1. The van der Waals surface area contributed by atoms with Crippen molar-refractivity contribution in [2.75, 3.05) is 18.4 Å². The number of nitrogens with two attached hydrogens (primary N) is 1. The molecule has 0 spiro atoms. The molecule has 7 heteroatoms. The number of thiophene rings is 1. The van der Waals surface area contributed by atoms with Crippen molar-refractivity contribution >= 4 is 33.3 Å². The minimum atomic E-state index is -0.779. The van der Waals surface area contributed by atoms with Crippen molar-refractivity contribution in [1.29, 1.82) is 0 Å². The molecule has 0 saturated carbocycles. The number of aryl methyl sites for hydroxylation is 2. The molecule has 1 amide bonds. The van der Waals surface area contributed by atoms with E-state index >= 15 is 0 Å². The summed E-state index contributed by atoms with van der Waals surface area (Å²) in [4.78, 5) is 22.9. The number of fused-ring (bicyclic) bond motifs is 1. The lowest BCUT2D eigenvalue weighted by Crippen LogP contribution is -2.49. The average Bonchev–Trinajstić information content (AvgIpc) is 2.72. The number of hydrogen-bond acceptors (Lipinski definition) is 6. The van der Waals surface area contributed by atoms with Gasteiger partial charge in [0.25, 0.3) is 0 Å². The third kappa shape index (κ3) is 3.14. The van der Waals surface area contributed by atoms with Crippen LogP contribution in [-0.2, 0) is 4.79 Å². The summed E-state index contributed by atoms with van der Waals surface area (Å²) < 4.78 is 0. The smallest absolute Gasteiger partial charge is 0.245 e. The molecule has 0 aliphatic carbocycles. The lowest BCUT2D eigenvalue weighted by molar-refractivity contribution is -0.124. The Kier molecular flexibility index (Phi) is 4.43. The van der Waals surface area contributed by atoms with E-state index in [4.69, 9.17) is 5.73 Å². The average molecular weight is 307 g/mol. The zero-order chi connectivity index (χ0) is 15.6. The standard InChI is InChI=1S/C14H21N5OS/c1-8-9(2)21-12-10(8)11(17-7-18-12)19-14(3,4)13(20)16-6-5-15/h7H,5-6,15H2,1-4H3,(H,16,20)(H,17,18,19). The van der Waals surface area contributed by atoms with Gasteiger partial charge in [-0.05, 0) is 33.3 Å². The molecule has 2 rings (SSSR count). The summed E-state index contributed by atoms with van der Waals surface area (Å²) in [5.41, 5.74) is 5.79. The van der Waals surface area contributed by atoms with Crippen LogP contribution in [0.15, 0.2) is 6.33 Å². The van der Waals surface area contributed by atoms with Gasteiger partial charge in [-0.2, -0.15) is 0 Å². The number of aromatic nitrogens is 2. The minimum Gasteiger partial charge on any atom is -0.356 e. The van der Waals surface area contributed by atoms with Gasteiger partial charge in [-0.25, -0.2) is 9.97 Å². The monoisotopic (exact) mass is 307 g/mol. The van der Waals surface area contributed by atoms with E-state index in [1.165, 1.54) is 11.2 Å². The maximum absolute atomic E-state index is 12.2. The SMILES string of the molecule is Cc1sc2ncnc(NC(C)(C)C(=O)NCCN)c2c1C. The first-order chi connectivity index (χ1) is 9.86. The van der Waals surface area contributed by atoms with Crippen molar-refractivity contribution in [1.82, 2.24) is 15.3 Å². The van der Waals surface area contributed by atoms with Crippen molar-refractivity contribution < 1.29 is 4.79 Å². The highest BCUT2D eigenvalue weighted by Gasteiger charge is 2.28. The third-order valence-electron chi connectivity index (χ3n) is 3.39. The van der Waals surface area contributed by atoms with Crippen LogP contribution < -0.4 is 16.4 Å². The van der Waals surface area contributed by atoms with Crippen LogP contribution >= 0.6 is 11.3 Å². The number of carbonyl (C=O) groups excluding carboxylic acids is 1. The Hall–Kier alpha value is -1.73. The quantitative estimate of drug-likeness (QED) is 0.780. The number of hydrogen-bond donors (Lipinski definition) is 3. The molecule has 0 saturated heterocycles. The van der Waals surface area contributed by atoms with E-state index in [2.05, 4.69) is 27.5 Å². The fraction of sp³-hybridized carbons (Fsp3) is 0.500. The Morgan fingerprint density at radius 2 is 2.10 bits per heavy atom. The number of rotatable bonds is 5. The summed E-state index contributed by atoms with van der Waals surface area (Å²) in [5, 5.41) is 7.01. The maximum atomic E-state index is 12.2. The van der Waals surface area contributed by atoms with Gasteiger partial charge in [0.1, 0.15) is 22.5 Å². The summed E-state index contributed by atoms with van der Waals surface area (Å²) in [6, 6.07) is 0. The van der Waals surface area contributed by atoms with Gasteiger partial charge < -0.3 is 16.4 Å². The summed E-state index contributed by atoms with van der Waals surface area (Å²) in [5.74, 6) is 0.582. The first-order valence-electron chi connectivity index (χ1n) is 6.84. The van der Waals surface area contributed by atoms with Crippen LogP contribution in [-0.4, -0.2) is 34.5 Å². The highest BCUT2D eigenvalue weighted by atomic mass is 32.1. The molecule has 0 aliphatic rings. The predicted octanol–water partition coefficient (Wildman–Crippen LogP) is 1.57. The van der Waals surface area contributed by atoms with E-state index in [1.807, 2.05) is 20.8 Å². The molecule has 0 aliphatic heterocycles. The number of nitrogens with one attached hydrogen (secondary N) is 2. The van der Waals surface area contributed by atoms with E-state index in [-0.39, 0.29) is 5.91 Å². The summed E-state index contributed by atoms with van der Waals surface area (Å²) in [6.07, 6.45) is 1.52. The molecule has 6 nitrogen and oxygen atoms in total. The Labute approximate surface area is 128 Å². The molecule has 0 radical (unpaired) electrons. The first-order valence-corrected chi connectivity index (χ1v) is 7.65. The number of amides is 1. The molecule has 0 bridgehead atoms. The zero-order valence-electron chi connectivity index (χ0n) is 12.8.